The van der Waals surface area contributed by atoms with E-state index in [1.54, 1.807) is 0 Å². The van der Waals surface area contributed by atoms with Gasteiger partial charge >= 0.3 is 0 Å². The maximum atomic E-state index is 4.27. The zero-order valence-corrected chi connectivity index (χ0v) is 9.94. The minimum atomic E-state index is 0.596. The van der Waals surface area contributed by atoms with E-state index in [0.717, 1.165) is 13.1 Å². The first kappa shape index (κ1) is 10.1. The molecule has 1 fully saturated rings. The van der Waals surface area contributed by atoms with Crippen LogP contribution in [0.1, 0.15) is 10.9 Å². The minimum Gasteiger partial charge on any atom is -0.299 e. The van der Waals surface area contributed by atoms with Crippen molar-refractivity contribution in [3.63, 3.8) is 0 Å². The van der Waals surface area contributed by atoms with Gasteiger partial charge < -0.3 is 0 Å². The van der Waals surface area contributed by atoms with E-state index < -0.39 is 0 Å². The lowest BCUT2D eigenvalue weighted by Crippen LogP contribution is -2.48. The van der Waals surface area contributed by atoms with Gasteiger partial charge in [-0.2, -0.15) is 5.10 Å². The van der Waals surface area contributed by atoms with Crippen molar-refractivity contribution in [3.8, 4) is 0 Å². The van der Waals surface area contributed by atoms with E-state index in [4.69, 9.17) is 0 Å². The molecule has 4 heteroatoms. The van der Waals surface area contributed by atoms with Gasteiger partial charge in [-0.15, -0.1) is 11.3 Å². The largest absolute Gasteiger partial charge is 0.299 e. The number of rotatable bonds is 4. The van der Waals surface area contributed by atoms with Crippen LogP contribution in [0.5, 0.6) is 0 Å². The Balaban J connectivity index is 1.44. The van der Waals surface area contributed by atoms with Gasteiger partial charge in [-0.3, -0.25) is 9.58 Å². The Bertz CT molecular complexity index is 412. The van der Waals surface area contributed by atoms with Gasteiger partial charge in [0, 0.05) is 36.9 Å². The van der Waals surface area contributed by atoms with Gasteiger partial charge in [0.1, 0.15) is 0 Å². The molecule has 0 amide bonds. The van der Waals surface area contributed by atoms with Crippen molar-refractivity contribution < 1.29 is 0 Å². The SMILES string of the molecule is c1csc(CCN2CC(n3cccn3)C2)c1. The molecule has 1 aliphatic rings. The first-order valence-electron chi connectivity index (χ1n) is 5.66. The summed E-state index contributed by atoms with van der Waals surface area (Å²) < 4.78 is 2.07. The van der Waals surface area contributed by atoms with Crippen LogP contribution in [0, 0.1) is 0 Å². The van der Waals surface area contributed by atoms with Gasteiger partial charge in [-0.05, 0) is 23.9 Å². The fourth-order valence-electron chi connectivity index (χ4n) is 2.11. The Hall–Kier alpha value is -1.13. The molecule has 2 aromatic rings. The summed E-state index contributed by atoms with van der Waals surface area (Å²) >= 11 is 1.85. The van der Waals surface area contributed by atoms with Crippen LogP contribution in [0.3, 0.4) is 0 Å². The highest BCUT2D eigenvalue weighted by molar-refractivity contribution is 7.09. The Morgan fingerprint density at radius 3 is 3.00 bits per heavy atom. The highest BCUT2D eigenvalue weighted by Crippen LogP contribution is 2.20. The quantitative estimate of drug-likeness (QED) is 0.806. The summed E-state index contributed by atoms with van der Waals surface area (Å²) in [5, 5.41) is 6.43. The van der Waals surface area contributed by atoms with E-state index >= 15 is 0 Å². The number of hydrogen-bond donors (Lipinski definition) is 0. The van der Waals surface area contributed by atoms with Crippen molar-refractivity contribution in [1.82, 2.24) is 14.7 Å². The topological polar surface area (TPSA) is 21.1 Å². The monoisotopic (exact) mass is 233 g/mol. The van der Waals surface area contributed by atoms with Gasteiger partial charge in [0.05, 0.1) is 6.04 Å². The third-order valence-electron chi connectivity index (χ3n) is 3.09. The number of hydrogen-bond acceptors (Lipinski definition) is 3. The van der Waals surface area contributed by atoms with Crippen LogP contribution in [0.25, 0.3) is 0 Å². The van der Waals surface area contributed by atoms with Crippen molar-refractivity contribution in [2.45, 2.75) is 12.5 Å². The molecule has 3 nitrogen and oxygen atoms in total. The highest BCUT2D eigenvalue weighted by atomic mass is 32.1. The number of likely N-dealkylation sites (tertiary alicyclic amines) is 1. The Morgan fingerprint density at radius 2 is 2.31 bits per heavy atom. The zero-order valence-electron chi connectivity index (χ0n) is 9.12. The molecular weight excluding hydrogens is 218 g/mol. The average Bonchev–Trinajstić information content (AvgIpc) is 2.85. The first-order valence-corrected chi connectivity index (χ1v) is 6.53. The molecular formula is C12H15N3S. The predicted octanol–water partition coefficient (Wildman–Crippen LogP) is 2.04. The summed E-state index contributed by atoms with van der Waals surface area (Å²) in [5.74, 6) is 0. The number of thiophene rings is 1. The molecule has 1 aliphatic heterocycles. The molecule has 0 N–H and O–H groups in total. The fourth-order valence-corrected chi connectivity index (χ4v) is 2.81. The minimum absolute atomic E-state index is 0.596. The van der Waals surface area contributed by atoms with Crippen molar-refractivity contribution >= 4 is 11.3 Å². The second-order valence-corrected chi connectivity index (χ2v) is 5.26. The summed E-state index contributed by atoms with van der Waals surface area (Å²) in [6, 6.07) is 6.94. The maximum absolute atomic E-state index is 4.27. The van der Waals surface area contributed by atoms with Gasteiger partial charge in [0.2, 0.25) is 0 Å². The van der Waals surface area contributed by atoms with Gasteiger partial charge in [-0.1, -0.05) is 6.07 Å². The van der Waals surface area contributed by atoms with E-state index in [1.807, 2.05) is 23.6 Å². The maximum Gasteiger partial charge on any atom is 0.0772 e. The van der Waals surface area contributed by atoms with Crippen molar-refractivity contribution in [3.05, 3.63) is 40.8 Å². The third kappa shape index (κ3) is 2.03. The van der Waals surface area contributed by atoms with Crippen molar-refractivity contribution in [2.75, 3.05) is 19.6 Å². The van der Waals surface area contributed by atoms with Gasteiger partial charge in [0.25, 0.3) is 0 Å². The lowest BCUT2D eigenvalue weighted by Gasteiger charge is -2.39. The lowest BCUT2D eigenvalue weighted by atomic mass is 10.1. The van der Waals surface area contributed by atoms with E-state index in [2.05, 4.69) is 38.4 Å². The Kier molecular flexibility index (Phi) is 2.76. The molecule has 3 rings (SSSR count). The molecule has 0 saturated carbocycles. The molecule has 0 spiro atoms. The van der Waals surface area contributed by atoms with Crippen molar-refractivity contribution in [1.29, 1.82) is 0 Å². The van der Waals surface area contributed by atoms with E-state index in [9.17, 15) is 0 Å². The summed E-state index contributed by atoms with van der Waals surface area (Å²) in [4.78, 5) is 3.98. The second kappa shape index (κ2) is 4.39. The normalized spacial score (nSPS) is 17.5. The van der Waals surface area contributed by atoms with Crippen LogP contribution in [0.2, 0.25) is 0 Å². The fraction of sp³-hybridized carbons (Fsp3) is 0.417. The molecule has 0 atom stereocenters. The zero-order chi connectivity index (χ0) is 10.8. The van der Waals surface area contributed by atoms with E-state index in [1.165, 1.54) is 17.8 Å². The Morgan fingerprint density at radius 1 is 1.38 bits per heavy atom. The van der Waals surface area contributed by atoms with Gasteiger partial charge in [0.15, 0.2) is 0 Å². The average molecular weight is 233 g/mol. The van der Waals surface area contributed by atoms with Crippen LogP contribution in [0.15, 0.2) is 36.0 Å². The second-order valence-electron chi connectivity index (χ2n) is 4.23. The number of aromatic nitrogens is 2. The summed E-state index contributed by atoms with van der Waals surface area (Å²) in [6.45, 7) is 3.47. The number of nitrogens with zero attached hydrogens (tertiary/aromatic N) is 3. The smallest absolute Gasteiger partial charge is 0.0772 e. The molecule has 0 unspecified atom stereocenters. The van der Waals surface area contributed by atoms with E-state index in [-0.39, 0.29) is 0 Å². The third-order valence-corrected chi connectivity index (χ3v) is 4.03. The summed E-state index contributed by atoms with van der Waals surface area (Å²) in [6.07, 6.45) is 5.10. The first-order chi connectivity index (χ1) is 7.92. The summed E-state index contributed by atoms with van der Waals surface area (Å²) in [5.41, 5.74) is 0. The molecule has 0 radical (unpaired) electrons. The molecule has 1 saturated heterocycles. The van der Waals surface area contributed by atoms with Crippen LogP contribution >= 0.6 is 11.3 Å². The summed E-state index contributed by atoms with van der Waals surface area (Å²) in [7, 11) is 0. The van der Waals surface area contributed by atoms with Crippen LogP contribution in [-0.4, -0.2) is 34.3 Å². The predicted molar refractivity (Wildman–Crippen MR) is 65.7 cm³/mol. The Labute approximate surface area is 99.3 Å². The highest BCUT2D eigenvalue weighted by Gasteiger charge is 2.27. The van der Waals surface area contributed by atoms with Crippen LogP contribution in [-0.2, 0) is 6.42 Å². The molecule has 0 aromatic carbocycles. The molecule has 16 heavy (non-hydrogen) atoms. The van der Waals surface area contributed by atoms with Gasteiger partial charge in [-0.25, -0.2) is 0 Å². The standard InChI is InChI=1S/C12H15N3S/c1-3-12(16-8-1)4-7-14-9-11(10-14)15-6-2-5-13-15/h1-3,5-6,8,11H,4,7,9-10H2. The lowest BCUT2D eigenvalue weighted by molar-refractivity contribution is 0.100. The molecule has 2 aromatic heterocycles. The van der Waals surface area contributed by atoms with Crippen LogP contribution < -0.4 is 0 Å². The molecule has 0 bridgehead atoms. The molecule has 0 aliphatic carbocycles. The molecule has 84 valence electrons. The van der Waals surface area contributed by atoms with Crippen LogP contribution in [0.4, 0.5) is 0 Å². The van der Waals surface area contributed by atoms with E-state index in [0.29, 0.717) is 6.04 Å². The molecule has 3 heterocycles. The van der Waals surface area contributed by atoms with Crippen molar-refractivity contribution in [2.24, 2.45) is 0 Å².